The number of benzene rings is 1. The van der Waals surface area contributed by atoms with Gasteiger partial charge in [-0.25, -0.2) is 0 Å². The lowest BCUT2D eigenvalue weighted by atomic mass is 10.2. The van der Waals surface area contributed by atoms with Crippen LogP contribution in [0.25, 0.3) is 11.4 Å². The third-order valence-corrected chi connectivity index (χ3v) is 5.63. The molecule has 0 fully saturated rings. The zero-order chi connectivity index (χ0) is 17.1. The molecule has 9 heteroatoms. The van der Waals surface area contributed by atoms with E-state index >= 15 is 0 Å². The van der Waals surface area contributed by atoms with Crippen molar-refractivity contribution < 1.29 is 0 Å². The van der Waals surface area contributed by atoms with Crippen LogP contribution in [0.4, 0.5) is 0 Å². The monoisotopic (exact) mass is 393 g/mol. The molecule has 0 saturated carbocycles. The van der Waals surface area contributed by atoms with E-state index in [1.54, 1.807) is 12.1 Å². The fourth-order valence-electron chi connectivity index (χ4n) is 2.00. The van der Waals surface area contributed by atoms with E-state index in [0.717, 1.165) is 17.1 Å². The van der Waals surface area contributed by atoms with Gasteiger partial charge in [-0.1, -0.05) is 41.4 Å². The Kier molecular flexibility index (Phi) is 5.21. The number of nitriles is 1. The normalized spacial score (nSPS) is 10.5. The Bertz CT molecular complexity index is 942. The van der Waals surface area contributed by atoms with Gasteiger partial charge in [0.15, 0.2) is 16.1 Å². The van der Waals surface area contributed by atoms with Gasteiger partial charge in [0.25, 0.3) is 0 Å². The van der Waals surface area contributed by atoms with E-state index in [-0.39, 0.29) is 5.15 Å². The van der Waals surface area contributed by atoms with E-state index in [0.29, 0.717) is 32.3 Å². The molecule has 2 aromatic heterocycles. The second kappa shape index (κ2) is 7.36. The highest BCUT2D eigenvalue weighted by molar-refractivity contribution is 8.01. The van der Waals surface area contributed by atoms with Crippen molar-refractivity contribution in [3.63, 3.8) is 0 Å². The van der Waals surface area contributed by atoms with Gasteiger partial charge in [-0.3, -0.25) is 4.57 Å². The lowest BCUT2D eigenvalue weighted by Gasteiger charge is -2.07. The Balaban J connectivity index is 2.03. The van der Waals surface area contributed by atoms with Gasteiger partial charge >= 0.3 is 0 Å². The first-order valence-electron chi connectivity index (χ1n) is 6.67. The number of halogens is 2. The summed E-state index contributed by atoms with van der Waals surface area (Å²) < 4.78 is 6.58. The maximum Gasteiger partial charge on any atom is 0.197 e. The Morgan fingerprint density at radius 3 is 2.92 bits per heavy atom. The van der Waals surface area contributed by atoms with Crippen molar-refractivity contribution in [2.75, 3.05) is 0 Å². The first kappa shape index (κ1) is 17.0. The molecule has 3 aromatic rings. The topological polar surface area (TPSA) is 67.4 Å². The predicted octanol–water partition coefficient (Wildman–Crippen LogP) is 4.92. The van der Waals surface area contributed by atoms with Crippen LogP contribution >= 0.6 is 46.5 Å². The average molecular weight is 394 g/mol. The molecule has 3 rings (SSSR count). The molecule has 0 spiro atoms. The van der Waals surface area contributed by atoms with E-state index in [1.165, 1.54) is 11.8 Å². The van der Waals surface area contributed by atoms with Crippen LogP contribution in [0.5, 0.6) is 0 Å². The third-order valence-electron chi connectivity index (χ3n) is 3.03. The molecule has 0 unspecified atom stereocenters. The van der Waals surface area contributed by atoms with Crippen molar-refractivity contribution in [3.8, 4) is 17.5 Å². The molecule has 0 amide bonds. The molecule has 24 heavy (non-hydrogen) atoms. The van der Waals surface area contributed by atoms with Crippen molar-refractivity contribution in [2.24, 2.45) is 0 Å². The van der Waals surface area contributed by atoms with E-state index < -0.39 is 0 Å². The Hall–Kier alpha value is -1.85. The van der Waals surface area contributed by atoms with Crippen LogP contribution in [0.3, 0.4) is 0 Å². The van der Waals surface area contributed by atoms with Crippen molar-refractivity contribution in [1.82, 2.24) is 19.1 Å². The van der Waals surface area contributed by atoms with Gasteiger partial charge in [-0.15, -0.1) is 16.8 Å². The van der Waals surface area contributed by atoms with Gasteiger partial charge in [0.05, 0.1) is 0 Å². The maximum atomic E-state index is 9.20. The van der Waals surface area contributed by atoms with Gasteiger partial charge in [0.2, 0.25) is 0 Å². The fraction of sp³-hybridized carbons (Fsp3) is 0.0667. The van der Waals surface area contributed by atoms with Crippen molar-refractivity contribution >= 4 is 46.5 Å². The van der Waals surface area contributed by atoms with Gasteiger partial charge in [0.1, 0.15) is 15.8 Å². The lowest BCUT2D eigenvalue weighted by molar-refractivity contribution is 0.731. The number of allylic oxidation sites excluding steroid dienone is 1. The number of hydrogen-bond acceptors (Lipinski definition) is 6. The molecule has 0 aliphatic rings. The lowest BCUT2D eigenvalue weighted by Crippen LogP contribution is -2.00. The molecule has 0 aliphatic heterocycles. The van der Waals surface area contributed by atoms with Crippen LogP contribution in [0.1, 0.15) is 5.56 Å². The van der Waals surface area contributed by atoms with E-state index in [1.807, 2.05) is 22.8 Å². The molecule has 5 nitrogen and oxygen atoms in total. The highest BCUT2D eigenvalue weighted by Gasteiger charge is 2.19. The molecule has 0 radical (unpaired) electrons. The van der Waals surface area contributed by atoms with Gasteiger partial charge < -0.3 is 0 Å². The van der Waals surface area contributed by atoms with Gasteiger partial charge in [0, 0.05) is 17.1 Å². The zero-order valence-electron chi connectivity index (χ0n) is 12.1. The average Bonchev–Trinajstić information content (AvgIpc) is 3.12. The minimum absolute atomic E-state index is 0.204. The van der Waals surface area contributed by atoms with E-state index in [9.17, 15) is 5.26 Å². The fourth-order valence-corrected chi connectivity index (χ4v) is 4.28. The molecule has 0 aliphatic carbocycles. The number of aromatic nitrogens is 4. The van der Waals surface area contributed by atoms with E-state index in [2.05, 4.69) is 27.2 Å². The van der Waals surface area contributed by atoms with Crippen molar-refractivity contribution in [1.29, 1.82) is 5.26 Å². The highest BCUT2D eigenvalue weighted by atomic mass is 35.5. The van der Waals surface area contributed by atoms with Crippen molar-refractivity contribution in [3.05, 3.63) is 52.7 Å². The molecular formula is C15H9Cl2N5S2. The minimum atomic E-state index is 0.204. The van der Waals surface area contributed by atoms with Gasteiger partial charge in [-0.2, -0.15) is 9.64 Å². The maximum absolute atomic E-state index is 9.20. The molecule has 0 atom stereocenters. The summed E-state index contributed by atoms with van der Waals surface area (Å²) >= 11 is 14.4. The Labute approximate surface area is 156 Å². The second-order valence-electron chi connectivity index (χ2n) is 4.57. The van der Waals surface area contributed by atoms with Crippen LogP contribution < -0.4 is 0 Å². The molecule has 120 valence electrons. The summed E-state index contributed by atoms with van der Waals surface area (Å²) in [5.41, 5.74) is 1.20. The molecular weight excluding hydrogens is 385 g/mol. The minimum Gasteiger partial charge on any atom is -0.298 e. The summed E-state index contributed by atoms with van der Waals surface area (Å²) in [5.74, 6) is 0.675. The van der Waals surface area contributed by atoms with Crippen LogP contribution in [0.2, 0.25) is 10.2 Å². The summed E-state index contributed by atoms with van der Waals surface area (Å²) in [6, 6.07) is 9.45. The number of rotatable bonds is 5. The molecule has 2 heterocycles. The van der Waals surface area contributed by atoms with Crippen LogP contribution in [-0.4, -0.2) is 19.1 Å². The molecule has 0 N–H and O–H groups in total. The molecule has 0 saturated heterocycles. The van der Waals surface area contributed by atoms with E-state index in [4.69, 9.17) is 23.2 Å². The Morgan fingerprint density at radius 1 is 1.38 bits per heavy atom. The Morgan fingerprint density at radius 2 is 2.21 bits per heavy atom. The summed E-state index contributed by atoms with van der Waals surface area (Å²) in [4.78, 5) is 0. The zero-order valence-corrected chi connectivity index (χ0v) is 15.3. The van der Waals surface area contributed by atoms with Gasteiger partial charge in [-0.05, 0) is 35.4 Å². The molecule has 1 aromatic carbocycles. The first-order valence-corrected chi connectivity index (χ1v) is 9.01. The quantitative estimate of drug-likeness (QED) is 0.575. The summed E-state index contributed by atoms with van der Waals surface area (Å²) in [6.45, 7) is 4.30. The van der Waals surface area contributed by atoms with Crippen molar-refractivity contribution in [2.45, 2.75) is 15.9 Å². The largest absolute Gasteiger partial charge is 0.298 e. The second-order valence-corrected chi connectivity index (χ2v) is 7.37. The smallest absolute Gasteiger partial charge is 0.197 e. The summed E-state index contributed by atoms with van der Waals surface area (Å²) in [5, 5.41) is 19.1. The number of nitrogens with zero attached hydrogens (tertiary/aromatic N) is 5. The highest BCUT2D eigenvalue weighted by Crippen LogP contribution is 2.37. The summed E-state index contributed by atoms with van der Waals surface area (Å²) in [7, 11) is 0. The third kappa shape index (κ3) is 3.32. The molecule has 0 bridgehead atoms. The SMILES string of the molecule is C=CCn1c(Sc2snc(Cl)c2C#N)nnc1-c1cccc(Cl)c1. The summed E-state index contributed by atoms with van der Waals surface area (Å²) in [6.07, 6.45) is 1.76. The predicted molar refractivity (Wildman–Crippen MR) is 96.6 cm³/mol. The van der Waals surface area contributed by atoms with Crippen LogP contribution in [0.15, 0.2) is 46.3 Å². The van der Waals surface area contributed by atoms with Crippen LogP contribution in [0, 0.1) is 11.3 Å². The standard InChI is InChI=1S/C15H9Cl2N5S2/c1-2-6-22-13(9-4-3-5-10(16)7-9)19-20-15(22)23-14-11(8-18)12(17)21-24-14/h2-5,7H,1,6H2. The first-order chi connectivity index (χ1) is 11.6. The number of hydrogen-bond donors (Lipinski definition) is 0. The van der Waals surface area contributed by atoms with Crippen LogP contribution in [-0.2, 0) is 6.54 Å².